The Hall–Kier alpha value is -2.55. The molecule has 0 aliphatic heterocycles. The van der Waals surface area contributed by atoms with Crippen molar-refractivity contribution in [1.82, 2.24) is 0 Å². The highest BCUT2D eigenvalue weighted by molar-refractivity contribution is 6.35. The summed E-state index contributed by atoms with van der Waals surface area (Å²) in [7, 11) is 0. The van der Waals surface area contributed by atoms with Crippen LogP contribution in [-0.4, -0.2) is 18.4 Å². The second kappa shape index (κ2) is 7.82. The van der Waals surface area contributed by atoms with Crippen molar-refractivity contribution in [3.05, 3.63) is 58.1 Å². The number of halogens is 2. The molecule has 2 aromatic carbocycles. The van der Waals surface area contributed by atoms with E-state index < -0.39 is 5.91 Å². The minimum absolute atomic E-state index is 0.230. The third-order valence-corrected chi connectivity index (χ3v) is 3.71. The number of hydrogen-bond acceptors (Lipinski definition) is 3. The molecular formula is C17H13Cl2N3O2. The molecule has 2 amide bonds. The third kappa shape index (κ3) is 4.48. The van der Waals surface area contributed by atoms with Crippen molar-refractivity contribution < 1.29 is 9.59 Å². The average Bonchev–Trinajstić information content (AvgIpc) is 2.55. The van der Waals surface area contributed by atoms with Gasteiger partial charge in [0.1, 0.15) is 6.54 Å². The van der Waals surface area contributed by atoms with Gasteiger partial charge in [-0.1, -0.05) is 29.3 Å². The summed E-state index contributed by atoms with van der Waals surface area (Å²) < 4.78 is 0. The first kappa shape index (κ1) is 17.8. The maximum Gasteiger partial charge on any atom is 0.244 e. The first-order valence-electron chi connectivity index (χ1n) is 6.94. The van der Waals surface area contributed by atoms with E-state index in [4.69, 9.17) is 28.5 Å². The van der Waals surface area contributed by atoms with E-state index in [1.165, 1.54) is 17.9 Å². The van der Waals surface area contributed by atoms with Gasteiger partial charge in [0.25, 0.3) is 0 Å². The van der Waals surface area contributed by atoms with Gasteiger partial charge in [0.05, 0.1) is 22.3 Å². The summed E-state index contributed by atoms with van der Waals surface area (Å²) >= 11 is 12.0. The van der Waals surface area contributed by atoms with Crippen molar-refractivity contribution in [3.8, 4) is 6.07 Å². The molecule has 0 saturated heterocycles. The number of anilines is 2. The molecule has 0 fully saturated rings. The topological polar surface area (TPSA) is 73.2 Å². The zero-order valence-electron chi connectivity index (χ0n) is 12.7. The fourth-order valence-corrected chi connectivity index (χ4v) is 2.46. The Morgan fingerprint density at radius 2 is 1.96 bits per heavy atom. The van der Waals surface area contributed by atoms with E-state index in [-0.39, 0.29) is 12.5 Å². The minimum Gasteiger partial charge on any atom is -0.324 e. The molecule has 24 heavy (non-hydrogen) atoms. The summed E-state index contributed by atoms with van der Waals surface area (Å²) in [5.41, 5.74) is 1.26. The summed E-state index contributed by atoms with van der Waals surface area (Å²) in [4.78, 5) is 25.4. The van der Waals surface area contributed by atoms with Gasteiger partial charge in [0.15, 0.2) is 0 Å². The summed E-state index contributed by atoms with van der Waals surface area (Å²) in [6.45, 7) is 1.10. The van der Waals surface area contributed by atoms with Crippen LogP contribution in [0.3, 0.4) is 0 Å². The smallest absolute Gasteiger partial charge is 0.244 e. The van der Waals surface area contributed by atoms with Crippen LogP contribution in [0.4, 0.5) is 11.4 Å². The van der Waals surface area contributed by atoms with Gasteiger partial charge in [-0.3, -0.25) is 9.59 Å². The van der Waals surface area contributed by atoms with Crippen molar-refractivity contribution in [2.75, 3.05) is 16.8 Å². The van der Waals surface area contributed by atoms with Crippen LogP contribution in [0.5, 0.6) is 0 Å². The van der Waals surface area contributed by atoms with Crippen LogP contribution in [0.2, 0.25) is 10.0 Å². The van der Waals surface area contributed by atoms with E-state index in [2.05, 4.69) is 5.32 Å². The van der Waals surface area contributed by atoms with Crippen molar-refractivity contribution >= 4 is 46.4 Å². The number of amides is 2. The molecule has 0 spiro atoms. The van der Waals surface area contributed by atoms with E-state index in [0.717, 1.165) is 0 Å². The standard InChI is InChI=1S/C17H13Cl2N3O2/c1-11(23)22(16-8-13(18)5-6-15(16)19)10-17(24)21-14-4-2-3-12(7-14)9-20/h2-8H,10H2,1H3,(H,21,24). The van der Waals surface area contributed by atoms with E-state index in [0.29, 0.717) is 27.0 Å². The molecule has 0 aliphatic carbocycles. The van der Waals surface area contributed by atoms with Crippen LogP contribution >= 0.6 is 23.2 Å². The van der Waals surface area contributed by atoms with Crippen molar-refractivity contribution in [3.63, 3.8) is 0 Å². The molecule has 1 N–H and O–H groups in total. The highest BCUT2D eigenvalue weighted by Gasteiger charge is 2.19. The molecule has 0 aliphatic rings. The molecule has 0 bridgehead atoms. The molecule has 122 valence electrons. The predicted octanol–water partition coefficient (Wildman–Crippen LogP) is 3.86. The number of nitriles is 1. The SMILES string of the molecule is CC(=O)N(CC(=O)Nc1cccc(C#N)c1)c1cc(Cl)ccc1Cl. The Morgan fingerprint density at radius 3 is 2.62 bits per heavy atom. The Morgan fingerprint density at radius 1 is 1.21 bits per heavy atom. The summed E-state index contributed by atoms with van der Waals surface area (Å²) in [6, 6.07) is 13.2. The number of hydrogen-bond donors (Lipinski definition) is 1. The molecule has 2 aromatic rings. The Labute approximate surface area is 149 Å². The van der Waals surface area contributed by atoms with Crippen LogP contribution in [0.25, 0.3) is 0 Å². The van der Waals surface area contributed by atoms with Crippen LogP contribution in [0, 0.1) is 11.3 Å². The monoisotopic (exact) mass is 361 g/mol. The van der Waals surface area contributed by atoms with Gasteiger partial charge in [-0.15, -0.1) is 0 Å². The van der Waals surface area contributed by atoms with Gasteiger partial charge in [0, 0.05) is 17.6 Å². The van der Waals surface area contributed by atoms with Gasteiger partial charge < -0.3 is 10.2 Å². The van der Waals surface area contributed by atoms with Crippen LogP contribution in [0.15, 0.2) is 42.5 Å². The molecule has 0 heterocycles. The zero-order chi connectivity index (χ0) is 17.7. The Bertz CT molecular complexity index is 831. The van der Waals surface area contributed by atoms with E-state index in [1.807, 2.05) is 6.07 Å². The number of nitrogens with zero attached hydrogens (tertiary/aromatic N) is 2. The molecule has 0 atom stereocenters. The second-order valence-electron chi connectivity index (χ2n) is 4.94. The van der Waals surface area contributed by atoms with E-state index in [9.17, 15) is 9.59 Å². The normalized spacial score (nSPS) is 9.92. The van der Waals surface area contributed by atoms with Crippen LogP contribution in [0.1, 0.15) is 12.5 Å². The molecule has 0 saturated carbocycles. The fourth-order valence-electron chi connectivity index (χ4n) is 2.07. The van der Waals surface area contributed by atoms with Crippen LogP contribution in [-0.2, 0) is 9.59 Å². The highest BCUT2D eigenvalue weighted by atomic mass is 35.5. The maximum absolute atomic E-state index is 12.2. The molecule has 0 radical (unpaired) electrons. The lowest BCUT2D eigenvalue weighted by atomic mass is 10.2. The lowest BCUT2D eigenvalue weighted by Crippen LogP contribution is -2.36. The second-order valence-corrected chi connectivity index (χ2v) is 5.79. The summed E-state index contributed by atoms with van der Waals surface area (Å²) in [5, 5.41) is 12.2. The van der Waals surface area contributed by atoms with Crippen molar-refractivity contribution in [2.45, 2.75) is 6.92 Å². The molecule has 2 rings (SSSR count). The van der Waals surface area contributed by atoms with Gasteiger partial charge in [-0.2, -0.15) is 5.26 Å². The van der Waals surface area contributed by atoms with Crippen LogP contribution < -0.4 is 10.2 Å². The first-order chi connectivity index (χ1) is 11.4. The van der Waals surface area contributed by atoms with Crippen molar-refractivity contribution in [1.29, 1.82) is 5.26 Å². The number of benzene rings is 2. The predicted molar refractivity (Wildman–Crippen MR) is 94.3 cm³/mol. The fraction of sp³-hybridized carbons (Fsp3) is 0.118. The summed E-state index contributed by atoms with van der Waals surface area (Å²) in [6.07, 6.45) is 0. The number of carbonyl (C=O) groups excluding carboxylic acids is 2. The first-order valence-corrected chi connectivity index (χ1v) is 7.69. The number of carbonyl (C=O) groups is 2. The highest BCUT2D eigenvalue weighted by Crippen LogP contribution is 2.29. The minimum atomic E-state index is -0.420. The quantitative estimate of drug-likeness (QED) is 0.898. The molecular weight excluding hydrogens is 349 g/mol. The zero-order valence-corrected chi connectivity index (χ0v) is 14.2. The maximum atomic E-state index is 12.2. The average molecular weight is 362 g/mol. The van der Waals surface area contributed by atoms with Gasteiger partial charge in [-0.05, 0) is 36.4 Å². The Kier molecular flexibility index (Phi) is 5.80. The molecule has 0 unspecified atom stereocenters. The third-order valence-electron chi connectivity index (χ3n) is 3.16. The number of rotatable bonds is 4. The van der Waals surface area contributed by atoms with E-state index >= 15 is 0 Å². The molecule has 5 nitrogen and oxygen atoms in total. The largest absolute Gasteiger partial charge is 0.324 e. The molecule has 0 aromatic heterocycles. The Balaban J connectivity index is 2.18. The van der Waals surface area contributed by atoms with Crippen molar-refractivity contribution in [2.24, 2.45) is 0 Å². The van der Waals surface area contributed by atoms with Gasteiger partial charge in [-0.25, -0.2) is 0 Å². The lowest BCUT2D eigenvalue weighted by molar-refractivity contribution is -0.120. The summed E-state index contributed by atoms with van der Waals surface area (Å²) in [5.74, 6) is -0.767. The van der Waals surface area contributed by atoms with Gasteiger partial charge in [0.2, 0.25) is 11.8 Å². The lowest BCUT2D eigenvalue weighted by Gasteiger charge is -2.22. The van der Waals surface area contributed by atoms with E-state index in [1.54, 1.807) is 36.4 Å². The van der Waals surface area contributed by atoms with Gasteiger partial charge >= 0.3 is 0 Å². The number of nitrogens with one attached hydrogen (secondary N) is 1. The molecule has 7 heteroatoms.